The number of benzene rings is 1. The Morgan fingerprint density at radius 2 is 1.26 bits per heavy atom. The van der Waals surface area contributed by atoms with E-state index in [-0.39, 0.29) is 5.92 Å². The molecular formula is C19H19BrN6O. The average Bonchev–Trinajstić information content (AvgIpc) is 2.65. The number of ether oxygens (including phenoxy) is 1. The molecule has 3 heterocycles. The summed E-state index contributed by atoms with van der Waals surface area (Å²) in [6.45, 7) is 0. The van der Waals surface area contributed by atoms with Crippen LogP contribution in [-0.2, 0) is 0 Å². The van der Waals surface area contributed by atoms with E-state index in [1.165, 1.54) is 12.7 Å². The Labute approximate surface area is 166 Å². The highest BCUT2D eigenvalue weighted by Gasteiger charge is 2.37. The van der Waals surface area contributed by atoms with Gasteiger partial charge in [-0.25, -0.2) is 19.9 Å². The lowest BCUT2D eigenvalue weighted by atomic mass is 9.84. The largest absolute Gasteiger partial charge is 0.420 e. The highest BCUT2D eigenvalue weighted by atomic mass is 79.9. The van der Waals surface area contributed by atoms with E-state index >= 15 is 0 Å². The summed E-state index contributed by atoms with van der Waals surface area (Å²) in [5.74, 6) is 2.53. The lowest BCUT2D eigenvalue weighted by Gasteiger charge is -2.31. The van der Waals surface area contributed by atoms with E-state index in [4.69, 9.17) is 4.74 Å². The number of anilines is 2. The fourth-order valence-electron chi connectivity index (χ4n) is 3.35. The Kier molecular flexibility index (Phi) is 4.43. The summed E-state index contributed by atoms with van der Waals surface area (Å²) in [6, 6.07) is 8.24. The number of hydrogen-bond acceptors (Lipinski definition) is 7. The van der Waals surface area contributed by atoms with Crippen LogP contribution in [0.1, 0.15) is 22.6 Å². The molecule has 4 rings (SSSR count). The van der Waals surface area contributed by atoms with Crippen molar-refractivity contribution in [3.8, 4) is 11.8 Å². The first-order valence-electron chi connectivity index (χ1n) is 8.45. The van der Waals surface area contributed by atoms with Gasteiger partial charge in [0.15, 0.2) is 0 Å². The Bertz CT molecular complexity index is 932. The Morgan fingerprint density at radius 1 is 0.778 bits per heavy atom. The van der Waals surface area contributed by atoms with E-state index < -0.39 is 0 Å². The molecule has 0 bridgehead atoms. The van der Waals surface area contributed by atoms with E-state index in [1.807, 2.05) is 50.1 Å². The van der Waals surface area contributed by atoms with E-state index in [9.17, 15) is 0 Å². The van der Waals surface area contributed by atoms with Crippen molar-refractivity contribution < 1.29 is 4.74 Å². The number of rotatable bonds is 3. The summed E-state index contributed by atoms with van der Waals surface area (Å²) < 4.78 is 7.09. The number of fused-ring (bicyclic) bond motifs is 2. The van der Waals surface area contributed by atoms with Crippen molar-refractivity contribution >= 4 is 27.6 Å². The third-order valence-corrected chi connectivity index (χ3v) is 5.00. The smallest absolute Gasteiger partial charge is 0.230 e. The fourth-order valence-corrected chi connectivity index (χ4v) is 3.61. The third-order valence-electron chi connectivity index (χ3n) is 4.47. The zero-order valence-corrected chi connectivity index (χ0v) is 17.1. The Morgan fingerprint density at radius 3 is 1.70 bits per heavy atom. The molecule has 0 amide bonds. The van der Waals surface area contributed by atoms with Gasteiger partial charge in [0.1, 0.15) is 24.3 Å². The molecule has 8 heteroatoms. The fraction of sp³-hybridized carbons (Fsp3) is 0.263. The lowest BCUT2D eigenvalue weighted by molar-refractivity contribution is 0.413. The van der Waals surface area contributed by atoms with Crippen LogP contribution >= 0.6 is 15.9 Å². The zero-order valence-electron chi connectivity index (χ0n) is 15.5. The lowest BCUT2D eigenvalue weighted by Crippen LogP contribution is -2.24. The molecule has 0 aliphatic carbocycles. The van der Waals surface area contributed by atoms with Crippen LogP contribution in [0.4, 0.5) is 11.6 Å². The Hall–Kier alpha value is -2.74. The van der Waals surface area contributed by atoms with Crippen LogP contribution < -0.4 is 14.5 Å². The van der Waals surface area contributed by atoms with Crippen LogP contribution in [0.3, 0.4) is 0 Å². The predicted molar refractivity (Wildman–Crippen MR) is 108 cm³/mol. The molecule has 27 heavy (non-hydrogen) atoms. The van der Waals surface area contributed by atoms with Crippen molar-refractivity contribution in [2.75, 3.05) is 38.0 Å². The van der Waals surface area contributed by atoms with Gasteiger partial charge in [-0.05, 0) is 17.7 Å². The van der Waals surface area contributed by atoms with Gasteiger partial charge in [-0.2, -0.15) is 0 Å². The van der Waals surface area contributed by atoms with E-state index in [1.54, 1.807) is 0 Å². The van der Waals surface area contributed by atoms with Gasteiger partial charge < -0.3 is 14.5 Å². The van der Waals surface area contributed by atoms with Crippen LogP contribution in [0.2, 0.25) is 0 Å². The second-order valence-electron chi connectivity index (χ2n) is 6.71. The topological polar surface area (TPSA) is 67.3 Å². The number of aromatic nitrogens is 4. The standard InChI is InChI=1S/C19H19BrN6O/c1-25(2)16-14-13(11-5-7-12(20)8-6-11)15-17(26(3)4)22-10-24-19(15)27-18(14)23-9-21-16/h5-10,13H,1-4H3. The molecule has 3 aromatic rings. The number of nitrogens with zero attached hydrogens (tertiary/aromatic N) is 6. The minimum Gasteiger partial charge on any atom is -0.420 e. The molecule has 0 saturated heterocycles. The summed E-state index contributed by atoms with van der Waals surface area (Å²) in [5.41, 5.74) is 2.92. The van der Waals surface area contributed by atoms with Crippen LogP contribution in [-0.4, -0.2) is 48.1 Å². The highest BCUT2D eigenvalue weighted by molar-refractivity contribution is 9.10. The first-order chi connectivity index (χ1) is 13.0. The summed E-state index contributed by atoms with van der Waals surface area (Å²) in [5, 5.41) is 0. The molecule has 0 radical (unpaired) electrons. The summed E-state index contributed by atoms with van der Waals surface area (Å²) in [4.78, 5) is 21.7. The molecule has 1 aliphatic heterocycles. The van der Waals surface area contributed by atoms with Gasteiger partial charge in [-0.1, -0.05) is 28.1 Å². The molecule has 0 atom stereocenters. The molecule has 7 nitrogen and oxygen atoms in total. The molecular weight excluding hydrogens is 408 g/mol. The first-order valence-corrected chi connectivity index (χ1v) is 9.24. The summed E-state index contributed by atoms with van der Waals surface area (Å²) in [7, 11) is 7.85. The van der Waals surface area contributed by atoms with Gasteiger partial charge in [0.25, 0.3) is 0 Å². The van der Waals surface area contributed by atoms with Crippen LogP contribution in [0.25, 0.3) is 0 Å². The molecule has 0 saturated carbocycles. The van der Waals surface area contributed by atoms with Crippen molar-refractivity contribution in [1.29, 1.82) is 0 Å². The van der Waals surface area contributed by atoms with Crippen LogP contribution in [0.15, 0.2) is 41.4 Å². The molecule has 1 aromatic carbocycles. The molecule has 1 aliphatic rings. The van der Waals surface area contributed by atoms with Crippen molar-refractivity contribution in [2.45, 2.75) is 5.92 Å². The monoisotopic (exact) mass is 426 g/mol. The first kappa shape index (κ1) is 17.7. The van der Waals surface area contributed by atoms with Gasteiger partial charge in [-0.3, -0.25) is 0 Å². The van der Waals surface area contributed by atoms with E-state index in [0.717, 1.165) is 32.8 Å². The maximum Gasteiger partial charge on any atom is 0.230 e. The second kappa shape index (κ2) is 6.77. The molecule has 0 unspecified atom stereocenters. The summed E-state index contributed by atoms with van der Waals surface area (Å²) >= 11 is 3.52. The second-order valence-corrected chi connectivity index (χ2v) is 7.62. The zero-order chi connectivity index (χ0) is 19.1. The van der Waals surface area contributed by atoms with Crippen molar-refractivity contribution in [3.63, 3.8) is 0 Å². The van der Waals surface area contributed by atoms with Gasteiger partial charge in [-0.15, -0.1) is 0 Å². The molecule has 138 valence electrons. The highest BCUT2D eigenvalue weighted by Crippen LogP contribution is 2.50. The van der Waals surface area contributed by atoms with E-state index in [0.29, 0.717) is 11.8 Å². The normalized spacial score (nSPS) is 12.8. The van der Waals surface area contributed by atoms with Crippen molar-refractivity contribution in [1.82, 2.24) is 19.9 Å². The molecule has 0 N–H and O–H groups in total. The van der Waals surface area contributed by atoms with Crippen molar-refractivity contribution in [2.24, 2.45) is 0 Å². The Balaban J connectivity index is 2.05. The van der Waals surface area contributed by atoms with Crippen LogP contribution in [0.5, 0.6) is 11.8 Å². The van der Waals surface area contributed by atoms with Crippen LogP contribution in [0, 0.1) is 0 Å². The predicted octanol–water partition coefficient (Wildman–Crippen LogP) is 3.45. The molecule has 0 fully saturated rings. The van der Waals surface area contributed by atoms with Gasteiger partial charge in [0.2, 0.25) is 11.8 Å². The molecule has 0 spiro atoms. The average molecular weight is 427 g/mol. The minimum atomic E-state index is -0.144. The number of halogens is 1. The number of hydrogen-bond donors (Lipinski definition) is 0. The quantitative estimate of drug-likeness (QED) is 0.496. The maximum atomic E-state index is 6.07. The van der Waals surface area contributed by atoms with Gasteiger partial charge in [0, 0.05) is 32.7 Å². The van der Waals surface area contributed by atoms with E-state index in [2.05, 4.69) is 48.0 Å². The van der Waals surface area contributed by atoms with Crippen molar-refractivity contribution in [3.05, 3.63) is 58.1 Å². The summed E-state index contributed by atoms with van der Waals surface area (Å²) in [6.07, 6.45) is 3.04. The van der Waals surface area contributed by atoms with Gasteiger partial charge in [0.05, 0.1) is 17.0 Å². The SMILES string of the molecule is CN(C)c1ncnc2c1C(c1ccc(Br)cc1)c1c(ncnc1N(C)C)O2. The maximum absolute atomic E-state index is 6.07. The molecule has 2 aromatic heterocycles. The van der Waals surface area contributed by atoms with Gasteiger partial charge >= 0.3 is 0 Å². The third kappa shape index (κ3) is 2.99. The minimum absolute atomic E-state index is 0.144.